The van der Waals surface area contributed by atoms with Crippen LogP contribution in [0.2, 0.25) is 0 Å². The molecular formula is C10H15N3O3S. The Balaban J connectivity index is 2.78. The average molecular weight is 257 g/mol. The van der Waals surface area contributed by atoms with Crippen molar-refractivity contribution in [1.82, 2.24) is 15.2 Å². The Morgan fingerprint density at radius 1 is 1.29 bits per heavy atom. The Morgan fingerprint density at radius 3 is 2.41 bits per heavy atom. The van der Waals surface area contributed by atoms with E-state index >= 15 is 0 Å². The van der Waals surface area contributed by atoms with Gasteiger partial charge in [0.2, 0.25) is 0 Å². The van der Waals surface area contributed by atoms with Gasteiger partial charge in [0.25, 0.3) is 10.0 Å². The summed E-state index contributed by atoms with van der Waals surface area (Å²) in [5.74, 6) is 0. The highest BCUT2D eigenvalue weighted by molar-refractivity contribution is 7.89. The number of hydrogen-bond acceptors (Lipinski definition) is 3. The zero-order valence-electron chi connectivity index (χ0n) is 9.67. The fourth-order valence-corrected chi connectivity index (χ4v) is 2.21. The fourth-order valence-electron chi connectivity index (χ4n) is 1.14. The van der Waals surface area contributed by atoms with Gasteiger partial charge in [-0.1, -0.05) is 18.2 Å². The number of carbonyl (C=O) groups excluding carboxylic acids is 1. The van der Waals surface area contributed by atoms with Gasteiger partial charge in [0.15, 0.2) is 0 Å². The van der Waals surface area contributed by atoms with Crippen LogP contribution in [0.4, 0.5) is 4.79 Å². The van der Waals surface area contributed by atoms with E-state index < -0.39 is 16.1 Å². The van der Waals surface area contributed by atoms with Crippen LogP contribution < -0.4 is 10.1 Å². The summed E-state index contributed by atoms with van der Waals surface area (Å²) < 4.78 is 23.6. The van der Waals surface area contributed by atoms with Crippen molar-refractivity contribution >= 4 is 16.1 Å². The van der Waals surface area contributed by atoms with Crippen LogP contribution in [0.3, 0.4) is 0 Å². The van der Waals surface area contributed by atoms with Crippen LogP contribution in [-0.4, -0.2) is 33.1 Å². The fraction of sp³-hybridized carbons (Fsp3) is 0.300. The summed E-state index contributed by atoms with van der Waals surface area (Å²) in [5, 5.41) is 3.37. The molecule has 0 aliphatic heterocycles. The van der Waals surface area contributed by atoms with Crippen molar-refractivity contribution < 1.29 is 13.2 Å². The number of hydrogen-bond donors (Lipinski definition) is 2. The molecule has 2 N–H and O–H groups in total. The molecule has 7 heteroatoms. The first-order chi connectivity index (χ1) is 7.97. The predicted molar refractivity (Wildman–Crippen MR) is 63.6 cm³/mol. The van der Waals surface area contributed by atoms with Crippen molar-refractivity contribution in [2.24, 2.45) is 0 Å². The molecule has 1 aromatic carbocycles. The highest BCUT2D eigenvalue weighted by Gasteiger charge is 2.18. The second kappa shape index (κ2) is 5.65. The topological polar surface area (TPSA) is 78.5 Å². The molecule has 6 nitrogen and oxygen atoms in total. The van der Waals surface area contributed by atoms with Gasteiger partial charge in [-0.25, -0.2) is 18.2 Å². The predicted octanol–water partition coefficient (Wildman–Crippen LogP) is 0.541. The van der Waals surface area contributed by atoms with E-state index in [4.69, 9.17) is 0 Å². The van der Waals surface area contributed by atoms with Crippen molar-refractivity contribution in [3.63, 3.8) is 0 Å². The Kier molecular flexibility index (Phi) is 4.47. The number of carbonyl (C=O) groups is 1. The molecule has 0 saturated carbocycles. The molecule has 0 aromatic heterocycles. The monoisotopic (exact) mass is 257 g/mol. The summed E-state index contributed by atoms with van der Waals surface area (Å²) in [6.07, 6.45) is 0. The zero-order chi connectivity index (χ0) is 12.9. The number of urea groups is 1. The minimum atomic E-state index is -3.71. The lowest BCUT2D eigenvalue weighted by Crippen LogP contribution is -2.48. The molecule has 94 valence electrons. The molecule has 0 spiro atoms. The van der Waals surface area contributed by atoms with Crippen molar-refractivity contribution in [1.29, 1.82) is 0 Å². The summed E-state index contributed by atoms with van der Waals surface area (Å²) >= 11 is 0. The van der Waals surface area contributed by atoms with E-state index in [1.54, 1.807) is 25.1 Å². The summed E-state index contributed by atoms with van der Waals surface area (Å²) in [5.41, 5.74) is 0. The molecule has 0 aliphatic rings. The highest BCUT2D eigenvalue weighted by atomic mass is 32.2. The van der Waals surface area contributed by atoms with E-state index in [0.29, 0.717) is 6.54 Å². The number of nitrogens with one attached hydrogen (secondary N) is 2. The number of amides is 2. The first kappa shape index (κ1) is 13.5. The van der Waals surface area contributed by atoms with Gasteiger partial charge in [-0.2, -0.15) is 0 Å². The lowest BCUT2D eigenvalue weighted by molar-refractivity contribution is 0.202. The summed E-state index contributed by atoms with van der Waals surface area (Å²) in [7, 11) is -2.37. The van der Waals surface area contributed by atoms with Gasteiger partial charge in [-0.05, 0) is 19.1 Å². The van der Waals surface area contributed by atoms with Crippen LogP contribution in [0.1, 0.15) is 6.92 Å². The Hall–Kier alpha value is -1.60. The van der Waals surface area contributed by atoms with Gasteiger partial charge in [0.1, 0.15) is 0 Å². The largest absolute Gasteiger partial charge is 0.337 e. The molecule has 1 aromatic rings. The normalized spacial score (nSPS) is 10.9. The van der Waals surface area contributed by atoms with Gasteiger partial charge in [0.05, 0.1) is 4.90 Å². The molecule has 0 atom stereocenters. The average Bonchev–Trinajstić information content (AvgIpc) is 2.30. The van der Waals surface area contributed by atoms with Crippen LogP contribution >= 0.6 is 0 Å². The van der Waals surface area contributed by atoms with Crippen molar-refractivity contribution in [2.45, 2.75) is 11.8 Å². The molecular weight excluding hydrogens is 242 g/mol. The Morgan fingerprint density at radius 2 is 1.88 bits per heavy atom. The van der Waals surface area contributed by atoms with Crippen LogP contribution in [0, 0.1) is 0 Å². The minimum absolute atomic E-state index is 0.108. The Bertz CT molecular complexity index is 473. The molecule has 0 radical (unpaired) electrons. The van der Waals surface area contributed by atoms with Crippen molar-refractivity contribution in [2.75, 3.05) is 13.6 Å². The minimum Gasteiger partial charge on any atom is -0.337 e. The molecule has 0 fully saturated rings. The van der Waals surface area contributed by atoms with Crippen LogP contribution in [-0.2, 0) is 10.0 Å². The molecule has 0 aliphatic carbocycles. The van der Waals surface area contributed by atoms with Crippen LogP contribution in [0.15, 0.2) is 35.2 Å². The molecule has 2 amide bonds. The van der Waals surface area contributed by atoms with E-state index in [1.165, 1.54) is 19.2 Å². The standard InChI is InChI=1S/C10H15N3O3S/c1-3-11-10(14)13(2)12-17(15,16)9-7-5-4-6-8-9/h4-8,12H,3H2,1-2H3,(H,11,14). The van der Waals surface area contributed by atoms with Crippen molar-refractivity contribution in [3.8, 4) is 0 Å². The van der Waals surface area contributed by atoms with E-state index in [2.05, 4.69) is 10.1 Å². The SMILES string of the molecule is CCNC(=O)N(C)NS(=O)(=O)c1ccccc1. The van der Waals surface area contributed by atoms with Gasteiger partial charge in [-0.15, -0.1) is 4.83 Å². The number of benzene rings is 1. The summed E-state index contributed by atoms with van der Waals surface area (Å²) in [6.45, 7) is 2.17. The first-order valence-corrected chi connectivity index (χ1v) is 6.54. The van der Waals surface area contributed by atoms with E-state index in [-0.39, 0.29) is 4.90 Å². The number of rotatable bonds is 4. The van der Waals surface area contributed by atoms with Crippen LogP contribution in [0.5, 0.6) is 0 Å². The van der Waals surface area contributed by atoms with E-state index in [0.717, 1.165) is 5.01 Å². The highest BCUT2D eigenvalue weighted by Crippen LogP contribution is 2.07. The molecule has 0 heterocycles. The maximum atomic E-state index is 11.8. The Labute approximate surface area is 101 Å². The van der Waals surface area contributed by atoms with Gasteiger partial charge in [-0.3, -0.25) is 0 Å². The first-order valence-electron chi connectivity index (χ1n) is 5.06. The number of sulfonamides is 1. The second-order valence-corrected chi connectivity index (χ2v) is 4.96. The van der Waals surface area contributed by atoms with E-state index in [1.807, 2.05) is 0 Å². The maximum absolute atomic E-state index is 11.8. The number of hydrazine groups is 1. The second-order valence-electron chi connectivity index (χ2n) is 3.30. The third kappa shape index (κ3) is 3.72. The van der Waals surface area contributed by atoms with Crippen LogP contribution in [0.25, 0.3) is 0 Å². The molecule has 1 rings (SSSR count). The quantitative estimate of drug-likeness (QED) is 0.773. The third-order valence-electron chi connectivity index (χ3n) is 1.94. The van der Waals surface area contributed by atoms with Gasteiger partial charge >= 0.3 is 6.03 Å². The molecule has 17 heavy (non-hydrogen) atoms. The molecule has 0 unspecified atom stereocenters. The van der Waals surface area contributed by atoms with Gasteiger partial charge < -0.3 is 5.32 Å². The summed E-state index contributed by atoms with van der Waals surface area (Å²) in [4.78, 5) is 13.6. The smallest absolute Gasteiger partial charge is 0.332 e. The third-order valence-corrected chi connectivity index (χ3v) is 3.35. The lowest BCUT2D eigenvalue weighted by atomic mass is 10.4. The maximum Gasteiger partial charge on any atom is 0.332 e. The van der Waals surface area contributed by atoms with E-state index in [9.17, 15) is 13.2 Å². The van der Waals surface area contributed by atoms with Gasteiger partial charge in [0, 0.05) is 13.6 Å². The summed E-state index contributed by atoms with van der Waals surface area (Å²) in [6, 6.07) is 7.34. The molecule has 0 saturated heterocycles. The molecule has 0 bridgehead atoms. The lowest BCUT2D eigenvalue weighted by Gasteiger charge is -2.18. The van der Waals surface area contributed by atoms with Crippen molar-refractivity contribution in [3.05, 3.63) is 30.3 Å². The zero-order valence-corrected chi connectivity index (χ0v) is 10.5. The number of nitrogens with zero attached hydrogens (tertiary/aromatic N) is 1.